The van der Waals surface area contributed by atoms with Crippen LogP contribution in [0.2, 0.25) is 0 Å². The highest BCUT2D eigenvalue weighted by Crippen LogP contribution is 2.36. The van der Waals surface area contributed by atoms with E-state index in [0.717, 1.165) is 9.58 Å². The van der Waals surface area contributed by atoms with Gasteiger partial charge in [0.05, 0.1) is 17.5 Å². The number of hydrogen-bond acceptors (Lipinski definition) is 4. The van der Waals surface area contributed by atoms with Gasteiger partial charge >= 0.3 is 0 Å². The van der Waals surface area contributed by atoms with Crippen LogP contribution in [0.3, 0.4) is 0 Å². The highest BCUT2D eigenvalue weighted by atomic mass is 32.1. The van der Waals surface area contributed by atoms with Crippen molar-refractivity contribution in [3.05, 3.63) is 56.8 Å². The van der Waals surface area contributed by atoms with Crippen LogP contribution in [0.4, 0.5) is 4.39 Å². The van der Waals surface area contributed by atoms with Crippen LogP contribution in [0.1, 0.15) is 33.1 Å². The van der Waals surface area contributed by atoms with Crippen LogP contribution in [-0.2, 0) is 11.3 Å². The van der Waals surface area contributed by atoms with E-state index in [1.807, 2.05) is 30.5 Å². The summed E-state index contributed by atoms with van der Waals surface area (Å²) < 4.78 is 20.2. The first kappa shape index (κ1) is 17.1. The molecule has 2 heterocycles. The summed E-state index contributed by atoms with van der Waals surface area (Å²) in [6, 6.07) is 8.86. The molecule has 3 aromatic rings. The van der Waals surface area contributed by atoms with Crippen molar-refractivity contribution in [2.45, 2.75) is 19.6 Å². The first-order chi connectivity index (χ1) is 11.5. The molecule has 0 fully saturated rings. The van der Waals surface area contributed by atoms with Crippen LogP contribution < -0.4 is 0 Å². The Morgan fingerprint density at radius 2 is 2.12 bits per heavy atom. The smallest absolute Gasteiger partial charge is 0.264 e. The zero-order chi connectivity index (χ0) is 17.3. The predicted molar refractivity (Wildman–Crippen MR) is 97.3 cm³/mol. The topological polar surface area (TPSA) is 29.5 Å². The molecule has 0 N–H and O–H groups in total. The second-order valence-electron chi connectivity index (χ2n) is 5.56. The quantitative estimate of drug-likeness (QED) is 0.632. The summed E-state index contributed by atoms with van der Waals surface area (Å²) >= 11 is 2.94. The Morgan fingerprint density at radius 1 is 1.33 bits per heavy atom. The van der Waals surface area contributed by atoms with Gasteiger partial charge in [-0.15, -0.1) is 22.7 Å². The van der Waals surface area contributed by atoms with Crippen molar-refractivity contribution in [3.63, 3.8) is 0 Å². The average Bonchev–Trinajstić information content (AvgIpc) is 3.22. The van der Waals surface area contributed by atoms with Gasteiger partial charge in [0.1, 0.15) is 5.82 Å². The van der Waals surface area contributed by atoms with Gasteiger partial charge in [-0.2, -0.15) is 0 Å². The normalized spacial score (nSPS) is 12.5. The molecule has 1 aromatic carbocycles. The van der Waals surface area contributed by atoms with Gasteiger partial charge in [0.15, 0.2) is 0 Å². The van der Waals surface area contributed by atoms with E-state index < -0.39 is 0 Å². The molecule has 126 valence electrons. The van der Waals surface area contributed by atoms with Gasteiger partial charge in [0, 0.05) is 34.7 Å². The zero-order valence-electron chi connectivity index (χ0n) is 13.7. The number of methoxy groups -OCH3 is 1. The SMILES string of the molecule is COCc1c(C(=O)N(C)[C@H](C)c2cccs2)sc2cccc(F)c12. The van der Waals surface area contributed by atoms with E-state index in [1.54, 1.807) is 36.5 Å². The minimum Gasteiger partial charge on any atom is -0.380 e. The molecule has 0 unspecified atom stereocenters. The largest absolute Gasteiger partial charge is 0.380 e. The van der Waals surface area contributed by atoms with Crippen LogP contribution >= 0.6 is 22.7 Å². The molecule has 0 aliphatic rings. The van der Waals surface area contributed by atoms with Crippen LogP contribution in [0.15, 0.2) is 35.7 Å². The fourth-order valence-electron chi connectivity index (χ4n) is 2.68. The molecule has 0 radical (unpaired) electrons. The lowest BCUT2D eigenvalue weighted by Crippen LogP contribution is -2.29. The lowest BCUT2D eigenvalue weighted by atomic mass is 10.1. The van der Waals surface area contributed by atoms with E-state index in [4.69, 9.17) is 4.74 Å². The van der Waals surface area contributed by atoms with Gasteiger partial charge in [-0.05, 0) is 30.5 Å². The van der Waals surface area contributed by atoms with Crippen molar-refractivity contribution in [1.29, 1.82) is 0 Å². The van der Waals surface area contributed by atoms with Crippen LogP contribution in [0.5, 0.6) is 0 Å². The third-order valence-corrected chi connectivity index (χ3v) is 6.33. The monoisotopic (exact) mass is 363 g/mol. The van der Waals surface area contributed by atoms with Crippen LogP contribution in [-0.4, -0.2) is 25.0 Å². The molecule has 0 aliphatic heterocycles. The van der Waals surface area contributed by atoms with Crippen molar-refractivity contribution in [3.8, 4) is 0 Å². The lowest BCUT2D eigenvalue weighted by Gasteiger charge is -2.24. The van der Waals surface area contributed by atoms with E-state index >= 15 is 0 Å². The number of carbonyl (C=O) groups is 1. The number of ether oxygens (including phenoxy) is 1. The molecule has 0 aliphatic carbocycles. The molecule has 1 atom stereocenters. The van der Waals surface area contributed by atoms with E-state index in [2.05, 4.69) is 0 Å². The Kier molecular flexibility index (Phi) is 4.99. The molecule has 24 heavy (non-hydrogen) atoms. The fraction of sp³-hybridized carbons (Fsp3) is 0.278. The molecule has 0 saturated heterocycles. The molecular weight excluding hydrogens is 345 g/mol. The predicted octanol–water partition coefficient (Wildman–Crippen LogP) is 5.08. The van der Waals surface area contributed by atoms with Gasteiger partial charge in [-0.1, -0.05) is 12.1 Å². The third kappa shape index (κ3) is 2.97. The summed E-state index contributed by atoms with van der Waals surface area (Å²) in [6.07, 6.45) is 0. The Morgan fingerprint density at radius 3 is 2.79 bits per heavy atom. The first-order valence-corrected chi connectivity index (χ1v) is 9.23. The van der Waals surface area contributed by atoms with Crippen LogP contribution in [0, 0.1) is 5.82 Å². The zero-order valence-corrected chi connectivity index (χ0v) is 15.3. The standard InChI is InChI=1S/C18H18FNO2S2/c1-11(14-8-5-9-23-14)20(2)18(21)17-12(10-22-3)16-13(19)6-4-7-15(16)24-17/h4-9,11H,10H2,1-3H3/t11-/m1/s1. The molecule has 0 bridgehead atoms. The first-order valence-electron chi connectivity index (χ1n) is 7.54. The highest BCUT2D eigenvalue weighted by Gasteiger charge is 2.26. The second-order valence-corrected chi connectivity index (χ2v) is 7.59. The molecule has 6 heteroatoms. The Hall–Kier alpha value is -1.76. The molecule has 0 spiro atoms. The van der Waals surface area contributed by atoms with Gasteiger partial charge < -0.3 is 9.64 Å². The second kappa shape index (κ2) is 7.01. The van der Waals surface area contributed by atoms with Gasteiger partial charge in [0.2, 0.25) is 0 Å². The van der Waals surface area contributed by atoms with Crippen molar-refractivity contribution in [1.82, 2.24) is 4.90 Å². The number of nitrogens with zero attached hydrogens (tertiary/aromatic N) is 1. The Labute approximate surface area is 148 Å². The molecule has 0 saturated carbocycles. The molecule has 1 amide bonds. The summed E-state index contributed by atoms with van der Waals surface area (Å²) in [5.74, 6) is -0.424. The Bertz CT molecular complexity index is 857. The highest BCUT2D eigenvalue weighted by molar-refractivity contribution is 7.21. The van der Waals surface area contributed by atoms with Gasteiger partial charge in [0.25, 0.3) is 5.91 Å². The minimum atomic E-state index is -0.316. The summed E-state index contributed by atoms with van der Waals surface area (Å²) in [5, 5.41) is 2.49. The van der Waals surface area contributed by atoms with E-state index in [0.29, 0.717) is 15.8 Å². The van der Waals surface area contributed by atoms with Crippen molar-refractivity contribution < 1.29 is 13.9 Å². The maximum atomic E-state index is 14.3. The molecule has 3 nitrogen and oxygen atoms in total. The minimum absolute atomic E-state index is 0.0389. The number of amides is 1. The lowest BCUT2D eigenvalue weighted by molar-refractivity contribution is 0.0745. The van der Waals surface area contributed by atoms with Crippen molar-refractivity contribution in [2.75, 3.05) is 14.2 Å². The van der Waals surface area contributed by atoms with E-state index in [1.165, 1.54) is 17.4 Å². The van der Waals surface area contributed by atoms with Crippen molar-refractivity contribution >= 4 is 38.7 Å². The van der Waals surface area contributed by atoms with Crippen LogP contribution in [0.25, 0.3) is 10.1 Å². The third-order valence-electron chi connectivity index (χ3n) is 4.10. The molecule has 2 aromatic heterocycles. The summed E-state index contributed by atoms with van der Waals surface area (Å²) in [4.78, 5) is 16.4. The maximum absolute atomic E-state index is 14.3. The summed E-state index contributed by atoms with van der Waals surface area (Å²) in [6.45, 7) is 2.21. The fourth-order valence-corrected chi connectivity index (χ4v) is 4.71. The number of fused-ring (bicyclic) bond motifs is 1. The van der Waals surface area contributed by atoms with Gasteiger partial charge in [-0.3, -0.25) is 4.79 Å². The summed E-state index contributed by atoms with van der Waals surface area (Å²) in [5.41, 5.74) is 0.630. The van der Waals surface area contributed by atoms with Gasteiger partial charge in [-0.25, -0.2) is 4.39 Å². The number of hydrogen-bond donors (Lipinski definition) is 0. The summed E-state index contributed by atoms with van der Waals surface area (Å²) in [7, 11) is 3.33. The number of thiophene rings is 2. The average molecular weight is 363 g/mol. The number of rotatable bonds is 5. The Balaban J connectivity index is 2.03. The van der Waals surface area contributed by atoms with Crippen molar-refractivity contribution in [2.24, 2.45) is 0 Å². The number of carbonyl (C=O) groups excluding carboxylic acids is 1. The maximum Gasteiger partial charge on any atom is 0.264 e. The number of halogens is 1. The van der Waals surface area contributed by atoms with E-state index in [9.17, 15) is 9.18 Å². The molecule has 3 rings (SSSR count). The molecular formula is C18H18FNO2S2. The van der Waals surface area contributed by atoms with E-state index in [-0.39, 0.29) is 24.4 Å². The number of benzene rings is 1.